The van der Waals surface area contributed by atoms with Gasteiger partial charge in [-0.15, -0.1) is 0 Å². The predicted molar refractivity (Wildman–Crippen MR) is 157 cm³/mol. The standard InChI is InChI=1S/C30H41N4O4P/c1-6-7-17-32-25-14-15-26(28-27(25)29(35)23-12-8-9-13-24(23)30(28)36)33-18-11-20-38-39(37-19-10-16-31)34(21(2)3)22(4)5/h8-9,12-15,21-22,32-33H,6-7,10-11,17-20H2,1-5H3. The van der Waals surface area contributed by atoms with Gasteiger partial charge in [0.05, 0.1) is 36.8 Å². The van der Waals surface area contributed by atoms with Crippen molar-refractivity contribution >= 4 is 31.5 Å². The third-order valence-electron chi connectivity index (χ3n) is 6.42. The number of hydrogen-bond donors (Lipinski definition) is 2. The van der Waals surface area contributed by atoms with E-state index in [0.717, 1.165) is 19.4 Å². The summed E-state index contributed by atoms with van der Waals surface area (Å²) in [4.78, 5) is 27.1. The summed E-state index contributed by atoms with van der Waals surface area (Å²) in [5.74, 6) is -0.272. The topological polar surface area (TPSA) is 104 Å². The molecule has 0 fully saturated rings. The first kappa shape index (κ1) is 30.7. The minimum atomic E-state index is -1.30. The van der Waals surface area contributed by atoms with Crippen molar-refractivity contribution < 1.29 is 18.6 Å². The number of nitrogens with one attached hydrogen (secondary N) is 2. The van der Waals surface area contributed by atoms with E-state index in [4.69, 9.17) is 14.3 Å². The molecule has 1 unspecified atom stereocenters. The van der Waals surface area contributed by atoms with Crippen LogP contribution < -0.4 is 10.6 Å². The number of anilines is 2. The van der Waals surface area contributed by atoms with Crippen LogP contribution in [-0.4, -0.2) is 54.6 Å². The monoisotopic (exact) mass is 552 g/mol. The summed E-state index contributed by atoms with van der Waals surface area (Å²) >= 11 is 0. The molecule has 0 amide bonds. The van der Waals surface area contributed by atoms with Crippen LogP contribution >= 0.6 is 8.53 Å². The number of rotatable bonds is 16. The lowest BCUT2D eigenvalue weighted by molar-refractivity contribution is 0.0980. The fraction of sp³-hybridized carbons (Fsp3) is 0.500. The van der Waals surface area contributed by atoms with Gasteiger partial charge in [-0.05, 0) is 52.7 Å². The second-order valence-electron chi connectivity index (χ2n) is 10.1. The first-order valence-corrected chi connectivity index (χ1v) is 15.0. The summed E-state index contributed by atoms with van der Waals surface area (Å²) < 4.78 is 14.3. The molecule has 0 bridgehead atoms. The van der Waals surface area contributed by atoms with Crippen LogP contribution in [0.1, 0.15) is 92.1 Å². The highest BCUT2D eigenvalue weighted by Gasteiger charge is 2.34. The number of fused-ring (bicyclic) bond motifs is 2. The Morgan fingerprint density at radius 1 is 0.846 bits per heavy atom. The Balaban J connectivity index is 1.73. The molecule has 1 atom stereocenters. The zero-order valence-corrected chi connectivity index (χ0v) is 24.6. The van der Waals surface area contributed by atoms with Crippen LogP contribution in [0.2, 0.25) is 0 Å². The van der Waals surface area contributed by atoms with Crippen molar-refractivity contribution in [3.05, 3.63) is 58.7 Å². The molecule has 2 aromatic carbocycles. The van der Waals surface area contributed by atoms with Gasteiger partial charge in [0.1, 0.15) is 0 Å². The maximum Gasteiger partial charge on any atom is 0.259 e. The van der Waals surface area contributed by atoms with Crippen molar-refractivity contribution in [2.75, 3.05) is 36.9 Å². The van der Waals surface area contributed by atoms with Gasteiger partial charge < -0.3 is 19.7 Å². The van der Waals surface area contributed by atoms with Gasteiger partial charge in [0, 0.05) is 47.7 Å². The van der Waals surface area contributed by atoms with E-state index in [1.54, 1.807) is 24.3 Å². The number of nitriles is 1. The Bertz CT molecular complexity index is 1170. The molecule has 1 aliphatic carbocycles. The van der Waals surface area contributed by atoms with Crippen molar-refractivity contribution in [1.29, 1.82) is 5.26 Å². The summed E-state index contributed by atoms with van der Waals surface area (Å²) in [7, 11) is -1.30. The van der Waals surface area contributed by atoms with Gasteiger partial charge in [-0.3, -0.25) is 9.59 Å². The molecule has 0 aliphatic heterocycles. The summed E-state index contributed by atoms with van der Waals surface area (Å²) in [6.45, 7) is 12.6. The number of unbranched alkanes of at least 4 members (excludes halogenated alkanes) is 1. The van der Waals surface area contributed by atoms with Gasteiger partial charge in [-0.25, -0.2) is 4.67 Å². The van der Waals surface area contributed by atoms with Crippen LogP contribution in [0, 0.1) is 11.3 Å². The molecule has 0 saturated heterocycles. The molecule has 2 N–H and O–H groups in total. The number of ketones is 2. The first-order chi connectivity index (χ1) is 18.8. The van der Waals surface area contributed by atoms with Crippen molar-refractivity contribution in [2.24, 2.45) is 0 Å². The van der Waals surface area contributed by atoms with Crippen LogP contribution in [0.25, 0.3) is 0 Å². The molecule has 0 heterocycles. The molecule has 0 spiro atoms. The zero-order chi connectivity index (χ0) is 28.4. The third kappa shape index (κ3) is 7.64. The number of nitrogens with zero attached hydrogens (tertiary/aromatic N) is 2. The lowest BCUT2D eigenvalue weighted by atomic mass is 9.82. The number of carbonyl (C=O) groups is 2. The van der Waals surface area contributed by atoms with Crippen molar-refractivity contribution in [3.8, 4) is 6.07 Å². The molecule has 0 radical (unpaired) electrons. The highest BCUT2D eigenvalue weighted by molar-refractivity contribution is 7.44. The quantitative estimate of drug-likeness (QED) is 0.148. The first-order valence-electron chi connectivity index (χ1n) is 13.9. The largest absolute Gasteiger partial charge is 0.384 e. The Kier molecular flexibility index (Phi) is 11.9. The third-order valence-corrected chi connectivity index (χ3v) is 8.53. The average molecular weight is 553 g/mol. The number of carbonyl (C=O) groups excluding carboxylic acids is 2. The molecule has 9 heteroatoms. The zero-order valence-electron chi connectivity index (χ0n) is 23.8. The van der Waals surface area contributed by atoms with E-state index in [9.17, 15) is 9.59 Å². The van der Waals surface area contributed by atoms with Gasteiger partial charge in [0.25, 0.3) is 8.53 Å². The predicted octanol–water partition coefficient (Wildman–Crippen LogP) is 6.77. The smallest absolute Gasteiger partial charge is 0.259 e. The number of hydrogen-bond acceptors (Lipinski definition) is 8. The van der Waals surface area contributed by atoms with Gasteiger partial charge in [0.2, 0.25) is 0 Å². The van der Waals surface area contributed by atoms with Crippen LogP contribution in [0.15, 0.2) is 36.4 Å². The second-order valence-corrected chi connectivity index (χ2v) is 11.5. The van der Waals surface area contributed by atoms with E-state index < -0.39 is 8.53 Å². The Morgan fingerprint density at radius 3 is 1.85 bits per heavy atom. The van der Waals surface area contributed by atoms with Gasteiger partial charge in [0.15, 0.2) is 11.6 Å². The highest BCUT2D eigenvalue weighted by atomic mass is 31.2. The molecule has 210 valence electrons. The fourth-order valence-electron chi connectivity index (χ4n) is 4.67. The van der Waals surface area contributed by atoms with E-state index in [1.165, 1.54) is 0 Å². The second kappa shape index (κ2) is 15.1. The molecular weight excluding hydrogens is 511 g/mol. The van der Waals surface area contributed by atoms with E-state index in [-0.39, 0.29) is 23.7 Å². The van der Waals surface area contributed by atoms with Crippen molar-refractivity contribution in [2.45, 2.75) is 72.4 Å². The summed E-state index contributed by atoms with van der Waals surface area (Å²) in [5, 5.41) is 15.6. The summed E-state index contributed by atoms with van der Waals surface area (Å²) in [5.41, 5.74) is 3.10. The minimum Gasteiger partial charge on any atom is -0.384 e. The van der Waals surface area contributed by atoms with E-state index in [1.807, 2.05) is 12.1 Å². The molecule has 39 heavy (non-hydrogen) atoms. The Labute approximate surface area is 234 Å². The molecule has 3 rings (SSSR count). The van der Waals surface area contributed by atoms with Gasteiger partial charge in [-0.1, -0.05) is 37.6 Å². The Morgan fingerprint density at radius 2 is 1.36 bits per heavy atom. The average Bonchev–Trinajstić information content (AvgIpc) is 2.91. The highest BCUT2D eigenvalue weighted by Crippen LogP contribution is 2.46. The van der Waals surface area contributed by atoms with E-state index in [2.05, 4.69) is 56.0 Å². The van der Waals surface area contributed by atoms with Crippen LogP contribution in [-0.2, 0) is 9.05 Å². The molecule has 2 aromatic rings. The van der Waals surface area contributed by atoms with Crippen molar-refractivity contribution in [1.82, 2.24) is 4.67 Å². The summed E-state index contributed by atoms with van der Waals surface area (Å²) in [6, 6.07) is 13.4. The van der Waals surface area contributed by atoms with Gasteiger partial charge in [-0.2, -0.15) is 5.26 Å². The van der Waals surface area contributed by atoms with Crippen LogP contribution in [0.5, 0.6) is 0 Å². The maximum absolute atomic E-state index is 13.6. The molecule has 0 aromatic heterocycles. The van der Waals surface area contributed by atoms with Crippen LogP contribution in [0.4, 0.5) is 11.4 Å². The minimum absolute atomic E-state index is 0.131. The Hall–Kier alpha value is -2.82. The maximum atomic E-state index is 13.6. The lowest BCUT2D eigenvalue weighted by Gasteiger charge is -2.35. The van der Waals surface area contributed by atoms with E-state index in [0.29, 0.717) is 66.2 Å². The lowest BCUT2D eigenvalue weighted by Crippen LogP contribution is -2.33. The SMILES string of the molecule is CCCCNc1ccc(NCCCOP(OCCC#N)N(C(C)C)C(C)C)c2c1C(=O)c1ccccc1C2=O. The van der Waals surface area contributed by atoms with Gasteiger partial charge >= 0.3 is 0 Å². The number of benzene rings is 2. The van der Waals surface area contributed by atoms with E-state index >= 15 is 0 Å². The molecular formula is C30H41N4O4P. The molecule has 1 aliphatic rings. The van der Waals surface area contributed by atoms with Crippen LogP contribution in [0.3, 0.4) is 0 Å². The fourth-order valence-corrected chi connectivity index (χ4v) is 6.30. The molecule has 0 saturated carbocycles. The molecule has 8 nitrogen and oxygen atoms in total. The normalized spacial score (nSPS) is 13.4. The summed E-state index contributed by atoms with van der Waals surface area (Å²) in [6.07, 6.45) is 3.00. The van der Waals surface area contributed by atoms with Crippen molar-refractivity contribution in [3.63, 3.8) is 0 Å².